The number of carbonyl (C=O) groups is 1. The standard InChI is InChI=1S/C20H25N3O2S/c1-25-19-3-2-15(12-21-19)16-4-8-22(13-16)9-6-20(24)23-10-5-18-17(14-23)7-11-26-18/h2-3,7,11-12,16H,4-6,8-10,13-14H2,1H3. The smallest absolute Gasteiger partial charge is 0.224 e. The molecule has 2 aliphatic heterocycles. The molecule has 138 valence electrons. The Labute approximate surface area is 158 Å². The maximum absolute atomic E-state index is 12.6. The molecule has 26 heavy (non-hydrogen) atoms. The van der Waals surface area contributed by atoms with Crippen LogP contribution in [0.25, 0.3) is 0 Å². The second-order valence-corrected chi connectivity index (χ2v) is 8.11. The van der Waals surface area contributed by atoms with Gasteiger partial charge in [-0.15, -0.1) is 11.3 Å². The molecule has 0 bridgehead atoms. The Morgan fingerprint density at radius 2 is 2.27 bits per heavy atom. The van der Waals surface area contributed by atoms with Crippen molar-refractivity contribution < 1.29 is 9.53 Å². The molecule has 6 heteroatoms. The first kappa shape index (κ1) is 17.5. The number of fused-ring (bicyclic) bond motifs is 1. The summed E-state index contributed by atoms with van der Waals surface area (Å²) in [6, 6.07) is 6.20. The summed E-state index contributed by atoms with van der Waals surface area (Å²) in [7, 11) is 1.64. The summed E-state index contributed by atoms with van der Waals surface area (Å²) < 4.78 is 5.13. The molecule has 2 aromatic rings. The number of amides is 1. The summed E-state index contributed by atoms with van der Waals surface area (Å²) in [5, 5.41) is 2.14. The normalized spacial score (nSPS) is 20.2. The average molecular weight is 372 g/mol. The van der Waals surface area contributed by atoms with Gasteiger partial charge in [-0.25, -0.2) is 4.98 Å². The summed E-state index contributed by atoms with van der Waals surface area (Å²) in [6.45, 7) is 4.57. The Morgan fingerprint density at radius 1 is 1.35 bits per heavy atom. The molecule has 0 N–H and O–H groups in total. The average Bonchev–Trinajstić information content (AvgIpc) is 3.35. The van der Waals surface area contributed by atoms with Crippen molar-refractivity contribution in [2.45, 2.75) is 31.7 Å². The van der Waals surface area contributed by atoms with E-state index in [9.17, 15) is 4.79 Å². The van der Waals surface area contributed by atoms with Gasteiger partial charge in [0.2, 0.25) is 11.8 Å². The van der Waals surface area contributed by atoms with Gasteiger partial charge in [0, 0.05) is 49.7 Å². The molecule has 4 heterocycles. The van der Waals surface area contributed by atoms with Gasteiger partial charge in [-0.3, -0.25) is 4.79 Å². The van der Waals surface area contributed by atoms with Crippen molar-refractivity contribution in [1.29, 1.82) is 0 Å². The first-order valence-electron chi connectivity index (χ1n) is 9.28. The van der Waals surface area contributed by atoms with E-state index in [4.69, 9.17) is 4.74 Å². The molecule has 0 aliphatic carbocycles. The second kappa shape index (κ2) is 7.76. The Kier molecular flexibility index (Phi) is 5.22. The van der Waals surface area contributed by atoms with E-state index in [0.717, 1.165) is 45.6 Å². The predicted octanol–water partition coefficient (Wildman–Crippen LogP) is 2.92. The zero-order valence-electron chi connectivity index (χ0n) is 15.2. The molecule has 2 aromatic heterocycles. The number of rotatable bonds is 5. The zero-order chi connectivity index (χ0) is 17.9. The highest BCUT2D eigenvalue weighted by atomic mass is 32.1. The number of likely N-dealkylation sites (tertiary alicyclic amines) is 1. The Hall–Kier alpha value is -1.92. The van der Waals surface area contributed by atoms with Gasteiger partial charge in [0.25, 0.3) is 0 Å². The zero-order valence-corrected chi connectivity index (χ0v) is 16.0. The lowest BCUT2D eigenvalue weighted by molar-refractivity contribution is -0.132. The number of hydrogen-bond donors (Lipinski definition) is 0. The molecule has 1 amide bonds. The highest BCUT2D eigenvalue weighted by molar-refractivity contribution is 7.10. The van der Waals surface area contributed by atoms with Gasteiger partial charge in [0.05, 0.1) is 7.11 Å². The topological polar surface area (TPSA) is 45.7 Å². The van der Waals surface area contributed by atoms with Crippen LogP contribution in [0.5, 0.6) is 5.88 Å². The predicted molar refractivity (Wildman–Crippen MR) is 103 cm³/mol. The van der Waals surface area contributed by atoms with E-state index in [-0.39, 0.29) is 5.91 Å². The first-order chi connectivity index (χ1) is 12.7. The number of ether oxygens (including phenoxy) is 1. The number of pyridine rings is 1. The largest absolute Gasteiger partial charge is 0.481 e. The van der Waals surface area contributed by atoms with Crippen LogP contribution < -0.4 is 4.74 Å². The van der Waals surface area contributed by atoms with Crippen molar-refractivity contribution in [3.05, 3.63) is 45.8 Å². The van der Waals surface area contributed by atoms with Crippen LogP contribution in [0.2, 0.25) is 0 Å². The third-order valence-corrected chi connectivity index (χ3v) is 6.54. The molecular formula is C20H25N3O2S. The van der Waals surface area contributed by atoms with E-state index in [1.807, 2.05) is 28.5 Å². The summed E-state index contributed by atoms with van der Waals surface area (Å²) in [4.78, 5) is 22.8. The monoisotopic (exact) mass is 371 g/mol. The van der Waals surface area contributed by atoms with E-state index in [2.05, 4.69) is 27.4 Å². The number of nitrogens with zero attached hydrogens (tertiary/aromatic N) is 3. The maximum Gasteiger partial charge on any atom is 0.224 e. The number of thiophene rings is 1. The van der Waals surface area contributed by atoms with Crippen molar-refractivity contribution in [3.8, 4) is 5.88 Å². The van der Waals surface area contributed by atoms with Crippen LogP contribution in [0.3, 0.4) is 0 Å². The minimum Gasteiger partial charge on any atom is -0.481 e. The molecule has 1 fully saturated rings. The van der Waals surface area contributed by atoms with Crippen LogP contribution in [0.1, 0.15) is 34.8 Å². The number of hydrogen-bond acceptors (Lipinski definition) is 5. The number of carbonyl (C=O) groups excluding carboxylic acids is 1. The molecule has 2 aliphatic rings. The van der Waals surface area contributed by atoms with Crippen molar-refractivity contribution in [2.24, 2.45) is 0 Å². The quantitative estimate of drug-likeness (QED) is 0.811. The first-order valence-corrected chi connectivity index (χ1v) is 10.2. The minimum absolute atomic E-state index is 0.288. The fraction of sp³-hybridized carbons (Fsp3) is 0.500. The molecular weight excluding hydrogens is 346 g/mol. The molecule has 1 saturated heterocycles. The third-order valence-electron chi connectivity index (χ3n) is 5.51. The van der Waals surface area contributed by atoms with Gasteiger partial charge in [0.15, 0.2) is 0 Å². The van der Waals surface area contributed by atoms with E-state index in [1.165, 1.54) is 16.0 Å². The van der Waals surface area contributed by atoms with Crippen LogP contribution in [0.4, 0.5) is 0 Å². The van der Waals surface area contributed by atoms with Gasteiger partial charge >= 0.3 is 0 Å². The molecule has 0 radical (unpaired) electrons. The van der Waals surface area contributed by atoms with Gasteiger partial charge in [0.1, 0.15) is 0 Å². The van der Waals surface area contributed by atoms with Gasteiger partial charge in [-0.05, 0) is 47.9 Å². The Morgan fingerprint density at radius 3 is 3.08 bits per heavy atom. The highest BCUT2D eigenvalue weighted by Gasteiger charge is 2.26. The lowest BCUT2D eigenvalue weighted by Gasteiger charge is -2.28. The second-order valence-electron chi connectivity index (χ2n) is 7.10. The lowest BCUT2D eigenvalue weighted by atomic mass is 10.0. The van der Waals surface area contributed by atoms with Crippen LogP contribution in [0.15, 0.2) is 29.8 Å². The molecule has 5 nitrogen and oxygen atoms in total. The maximum atomic E-state index is 12.6. The summed E-state index contributed by atoms with van der Waals surface area (Å²) in [6.07, 6.45) is 4.68. The fourth-order valence-corrected chi connectivity index (χ4v) is 4.82. The molecule has 0 saturated carbocycles. The Bertz CT molecular complexity index is 759. The number of aromatic nitrogens is 1. The Balaban J connectivity index is 1.26. The minimum atomic E-state index is 0.288. The molecule has 4 rings (SSSR count). The molecule has 1 unspecified atom stereocenters. The van der Waals surface area contributed by atoms with Gasteiger partial charge < -0.3 is 14.5 Å². The van der Waals surface area contributed by atoms with E-state index in [0.29, 0.717) is 18.2 Å². The lowest BCUT2D eigenvalue weighted by Crippen LogP contribution is -2.37. The highest BCUT2D eigenvalue weighted by Crippen LogP contribution is 2.28. The van der Waals surface area contributed by atoms with Crippen LogP contribution in [-0.2, 0) is 17.8 Å². The van der Waals surface area contributed by atoms with Gasteiger partial charge in [-0.2, -0.15) is 0 Å². The SMILES string of the molecule is COc1ccc(C2CCN(CCC(=O)N3CCc4sccc4C3)C2)cn1. The van der Waals surface area contributed by atoms with E-state index < -0.39 is 0 Å². The van der Waals surface area contributed by atoms with Crippen molar-refractivity contribution in [2.75, 3.05) is 33.3 Å². The van der Waals surface area contributed by atoms with Crippen LogP contribution in [0, 0.1) is 0 Å². The molecule has 0 aromatic carbocycles. The van der Waals surface area contributed by atoms with Crippen molar-refractivity contribution >= 4 is 17.2 Å². The van der Waals surface area contributed by atoms with Gasteiger partial charge in [-0.1, -0.05) is 6.07 Å². The summed E-state index contributed by atoms with van der Waals surface area (Å²) in [5.74, 6) is 1.45. The van der Waals surface area contributed by atoms with E-state index >= 15 is 0 Å². The summed E-state index contributed by atoms with van der Waals surface area (Å²) >= 11 is 1.81. The number of methoxy groups -OCH3 is 1. The third kappa shape index (κ3) is 3.76. The van der Waals surface area contributed by atoms with Crippen molar-refractivity contribution in [1.82, 2.24) is 14.8 Å². The fourth-order valence-electron chi connectivity index (χ4n) is 3.94. The van der Waals surface area contributed by atoms with Crippen molar-refractivity contribution in [3.63, 3.8) is 0 Å². The van der Waals surface area contributed by atoms with E-state index in [1.54, 1.807) is 7.11 Å². The molecule has 0 spiro atoms. The molecule has 1 atom stereocenters. The summed E-state index contributed by atoms with van der Waals surface area (Å²) in [5.41, 5.74) is 2.60. The van der Waals surface area contributed by atoms with Crippen LogP contribution in [-0.4, -0.2) is 54.0 Å². The van der Waals surface area contributed by atoms with Crippen LogP contribution >= 0.6 is 11.3 Å².